The summed E-state index contributed by atoms with van der Waals surface area (Å²) < 4.78 is 26.0. The molecule has 0 radical (unpaired) electrons. The van der Waals surface area contributed by atoms with Crippen LogP contribution in [0.3, 0.4) is 0 Å². The zero-order valence-corrected chi connectivity index (χ0v) is 10.9. The second-order valence-electron chi connectivity index (χ2n) is 3.65. The SMILES string of the molecule is NCC#Cc1cnc(NC(=O)c2cc(F)cc(F)c2)s1. The number of nitrogens with two attached hydrogens (primary N) is 1. The number of rotatable bonds is 2. The first kappa shape index (κ1) is 14.1. The molecule has 1 aromatic heterocycles. The van der Waals surface area contributed by atoms with Gasteiger partial charge >= 0.3 is 0 Å². The summed E-state index contributed by atoms with van der Waals surface area (Å²) in [5.74, 6) is 3.15. The Hall–Kier alpha value is -2.30. The highest BCUT2D eigenvalue weighted by molar-refractivity contribution is 7.16. The predicted molar refractivity (Wildman–Crippen MR) is 72.4 cm³/mol. The van der Waals surface area contributed by atoms with Crippen molar-refractivity contribution >= 4 is 22.4 Å². The monoisotopic (exact) mass is 293 g/mol. The van der Waals surface area contributed by atoms with Crippen LogP contribution in [0.15, 0.2) is 24.4 Å². The Kier molecular flexibility index (Phi) is 4.40. The third-order valence-electron chi connectivity index (χ3n) is 2.16. The normalized spacial score (nSPS) is 9.75. The van der Waals surface area contributed by atoms with Crippen molar-refractivity contribution in [1.29, 1.82) is 0 Å². The third kappa shape index (κ3) is 3.60. The smallest absolute Gasteiger partial charge is 0.257 e. The lowest BCUT2D eigenvalue weighted by Crippen LogP contribution is -2.12. The van der Waals surface area contributed by atoms with Gasteiger partial charge in [-0.25, -0.2) is 13.8 Å². The van der Waals surface area contributed by atoms with Crippen molar-refractivity contribution < 1.29 is 13.6 Å². The molecular weight excluding hydrogens is 284 g/mol. The average Bonchev–Trinajstić information content (AvgIpc) is 2.82. The van der Waals surface area contributed by atoms with Gasteiger partial charge < -0.3 is 5.73 Å². The number of carbonyl (C=O) groups excluding carboxylic acids is 1. The minimum Gasteiger partial charge on any atom is -0.320 e. The number of thiazole rings is 1. The molecule has 0 aliphatic carbocycles. The first-order valence-electron chi connectivity index (χ1n) is 5.50. The second-order valence-corrected chi connectivity index (χ2v) is 4.68. The van der Waals surface area contributed by atoms with Crippen LogP contribution in [0.2, 0.25) is 0 Å². The Balaban J connectivity index is 2.13. The maximum Gasteiger partial charge on any atom is 0.257 e. The van der Waals surface area contributed by atoms with Crippen LogP contribution >= 0.6 is 11.3 Å². The summed E-state index contributed by atoms with van der Waals surface area (Å²) in [5, 5.41) is 2.74. The van der Waals surface area contributed by atoms with Gasteiger partial charge in [0.1, 0.15) is 11.6 Å². The molecule has 0 spiro atoms. The van der Waals surface area contributed by atoms with Gasteiger partial charge in [-0.2, -0.15) is 0 Å². The molecule has 0 fully saturated rings. The lowest BCUT2D eigenvalue weighted by atomic mass is 10.2. The molecule has 1 aromatic carbocycles. The number of anilines is 1. The standard InChI is InChI=1S/C13H9F2N3OS/c14-9-4-8(5-10(15)6-9)12(19)18-13-17-7-11(20-13)2-1-3-16/h4-7H,3,16H2,(H,17,18,19). The van der Waals surface area contributed by atoms with Crippen molar-refractivity contribution in [3.63, 3.8) is 0 Å². The van der Waals surface area contributed by atoms with E-state index in [0.717, 1.165) is 23.5 Å². The Bertz CT molecular complexity index is 683. The number of nitrogens with zero attached hydrogens (tertiary/aromatic N) is 1. The van der Waals surface area contributed by atoms with Crippen molar-refractivity contribution in [3.8, 4) is 11.8 Å². The Morgan fingerprint density at radius 1 is 1.35 bits per heavy atom. The number of nitrogens with one attached hydrogen (secondary N) is 1. The lowest BCUT2D eigenvalue weighted by Gasteiger charge is -2.01. The number of benzene rings is 1. The Morgan fingerprint density at radius 2 is 2.05 bits per heavy atom. The van der Waals surface area contributed by atoms with Gasteiger partial charge in [-0.05, 0) is 12.1 Å². The molecule has 0 aliphatic heterocycles. The molecule has 2 rings (SSSR count). The molecule has 0 saturated heterocycles. The summed E-state index contributed by atoms with van der Waals surface area (Å²) in [5.41, 5.74) is 5.12. The number of hydrogen-bond acceptors (Lipinski definition) is 4. The van der Waals surface area contributed by atoms with E-state index >= 15 is 0 Å². The van der Waals surface area contributed by atoms with Gasteiger partial charge in [-0.15, -0.1) is 0 Å². The molecule has 4 nitrogen and oxygen atoms in total. The van der Waals surface area contributed by atoms with Crippen LogP contribution in [-0.2, 0) is 0 Å². The molecule has 2 aromatic rings. The van der Waals surface area contributed by atoms with Crippen LogP contribution in [0.1, 0.15) is 15.2 Å². The fraction of sp³-hybridized carbons (Fsp3) is 0.0769. The molecule has 102 valence electrons. The van der Waals surface area contributed by atoms with E-state index in [1.807, 2.05) is 0 Å². The van der Waals surface area contributed by atoms with E-state index < -0.39 is 17.5 Å². The highest BCUT2D eigenvalue weighted by atomic mass is 32.1. The fourth-order valence-electron chi connectivity index (χ4n) is 1.38. The minimum atomic E-state index is -0.816. The van der Waals surface area contributed by atoms with Crippen LogP contribution in [0.5, 0.6) is 0 Å². The van der Waals surface area contributed by atoms with E-state index in [9.17, 15) is 13.6 Å². The van der Waals surface area contributed by atoms with Gasteiger partial charge in [-0.1, -0.05) is 23.2 Å². The number of aromatic nitrogens is 1. The fourth-order valence-corrected chi connectivity index (χ4v) is 2.07. The zero-order chi connectivity index (χ0) is 14.5. The van der Waals surface area contributed by atoms with Gasteiger partial charge in [0.25, 0.3) is 5.91 Å². The molecular formula is C13H9F2N3OS. The highest BCUT2D eigenvalue weighted by Crippen LogP contribution is 2.18. The average molecular weight is 293 g/mol. The number of carbonyl (C=O) groups is 1. The highest BCUT2D eigenvalue weighted by Gasteiger charge is 2.11. The summed E-state index contributed by atoms with van der Waals surface area (Å²) in [4.78, 5) is 16.4. The molecule has 1 heterocycles. The maximum atomic E-state index is 13.0. The van der Waals surface area contributed by atoms with Crippen LogP contribution in [0.4, 0.5) is 13.9 Å². The van der Waals surface area contributed by atoms with Gasteiger partial charge in [-0.3, -0.25) is 10.1 Å². The molecule has 0 atom stereocenters. The maximum absolute atomic E-state index is 13.0. The van der Waals surface area contributed by atoms with Crippen molar-refractivity contribution in [2.45, 2.75) is 0 Å². The van der Waals surface area contributed by atoms with E-state index in [1.54, 1.807) is 0 Å². The van der Waals surface area contributed by atoms with Gasteiger partial charge in [0.15, 0.2) is 5.13 Å². The summed E-state index contributed by atoms with van der Waals surface area (Å²) in [6, 6.07) is 2.59. The lowest BCUT2D eigenvalue weighted by molar-refractivity contribution is 0.102. The molecule has 3 N–H and O–H groups in total. The molecule has 1 amide bonds. The van der Waals surface area contributed by atoms with Crippen LogP contribution in [-0.4, -0.2) is 17.4 Å². The minimum absolute atomic E-state index is 0.118. The Labute approximate surface area is 117 Å². The largest absolute Gasteiger partial charge is 0.320 e. The van der Waals surface area contributed by atoms with Gasteiger partial charge in [0.05, 0.1) is 17.6 Å². The zero-order valence-electron chi connectivity index (χ0n) is 10.1. The van der Waals surface area contributed by atoms with E-state index in [1.165, 1.54) is 6.20 Å². The van der Waals surface area contributed by atoms with E-state index in [4.69, 9.17) is 5.73 Å². The molecule has 7 heteroatoms. The molecule has 0 saturated carbocycles. The predicted octanol–water partition coefficient (Wildman–Crippen LogP) is 1.98. The first-order chi connectivity index (χ1) is 9.58. The van der Waals surface area contributed by atoms with Gasteiger partial charge in [0, 0.05) is 11.6 Å². The summed E-state index contributed by atoms with van der Waals surface area (Å²) in [6.07, 6.45) is 1.48. The number of halogens is 2. The summed E-state index contributed by atoms with van der Waals surface area (Å²) >= 11 is 1.14. The van der Waals surface area contributed by atoms with E-state index in [-0.39, 0.29) is 12.1 Å². The van der Waals surface area contributed by atoms with Crippen LogP contribution in [0, 0.1) is 23.5 Å². The van der Waals surface area contributed by atoms with Crippen LogP contribution in [0.25, 0.3) is 0 Å². The van der Waals surface area contributed by atoms with Crippen molar-refractivity contribution in [3.05, 3.63) is 46.5 Å². The number of hydrogen-bond donors (Lipinski definition) is 2. The van der Waals surface area contributed by atoms with E-state index in [0.29, 0.717) is 16.1 Å². The van der Waals surface area contributed by atoms with Gasteiger partial charge in [0.2, 0.25) is 0 Å². The van der Waals surface area contributed by atoms with E-state index in [2.05, 4.69) is 22.1 Å². The third-order valence-corrected chi connectivity index (χ3v) is 2.99. The van der Waals surface area contributed by atoms with Crippen molar-refractivity contribution in [2.75, 3.05) is 11.9 Å². The topological polar surface area (TPSA) is 68.0 Å². The summed E-state index contributed by atoms with van der Waals surface area (Å²) in [6.45, 7) is 0.224. The molecule has 0 bridgehead atoms. The van der Waals surface area contributed by atoms with Crippen molar-refractivity contribution in [1.82, 2.24) is 4.98 Å². The van der Waals surface area contributed by atoms with Crippen molar-refractivity contribution in [2.24, 2.45) is 5.73 Å². The van der Waals surface area contributed by atoms with Crippen LogP contribution < -0.4 is 11.1 Å². The quantitative estimate of drug-likeness (QED) is 0.832. The molecule has 0 aliphatic rings. The molecule has 20 heavy (non-hydrogen) atoms. The first-order valence-corrected chi connectivity index (χ1v) is 6.32. The number of amides is 1. The second kappa shape index (κ2) is 6.23. The Morgan fingerprint density at radius 3 is 2.70 bits per heavy atom. The summed E-state index contributed by atoms with van der Waals surface area (Å²) in [7, 11) is 0. The molecule has 0 unspecified atom stereocenters.